The monoisotopic (exact) mass is 245 g/mol. The summed E-state index contributed by atoms with van der Waals surface area (Å²) in [7, 11) is 1.25. The smallest absolute Gasteiger partial charge is 0.360 e. The van der Waals surface area contributed by atoms with Gasteiger partial charge in [0.05, 0.1) is 12.8 Å². The Hall–Kier alpha value is -1.97. The second-order valence-corrected chi connectivity index (χ2v) is 4.56. The van der Waals surface area contributed by atoms with Crippen molar-refractivity contribution in [1.29, 1.82) is 0 Å². The van der Waals surface area contributed by atoms with Crippen molar-refractivity contribution in [1.82, 2.24) is 0 Å². The quantitative estimate of drug-likeness (QED) is 0.750. The van der Waals surface area contributed by atoms with Crippen molar-refractivity contribution in [2.75, 3.05) is 7.11 Å². The van der Waals surface area contributed by atoms with Gasteiger partial charge in [-0.2, -0.15) is 0 Å². The van der Waals surface area contributed by atoms with Crippen LogP contribution in [0.1, 0.15) is 30.9 Å². The molecule has 0 unspecified atom stereocenters. The van der Waals surface area contributed by atoms with E-state index in [9.17, 15) is 9.59 Å². The Morgan fingerprint density at radius 1 is 1.39 bits per heavy atom. The number of ether oxygens (including phenoxy) is 1. The lowest BCUT2D eigenvalue weighted by Crippen LogP contribution is -2.29. The fourth-order valence-corrected chi connectivity index (χ4v) is 2.04. The van der Waals surface area contributed by atoms with Gasteiger partial charge in [-0.1, -0.05) is 32.0 Å². The molecule has 0 atom stereocenters. The van der Waals surface area contributed by atoms with Gasteiger partial charge in [-0.25, -0.2) is 9.79 Å². The molecule has 0 fully saturated rings. The number of nitrogens with zero attached hydrogens (tertiary/aromatic N) is 1. The fourth-order valence-electron chi connectivity index (χ4n) is 2.04. The number of para-hydroxylation sites is 1. The highest BCUT2D eigenvalue weighted by Crippen LogP contribution is 2.33. The largest absolute Gasteiger partial charge is 0.464 e. The predicted octanol–water partition coefficient (Wildman–Crippen LogP) is 2.18. The van der Waals surface area contributed by atoms with Crippen molar-refractivity contribution in [3.05, 3.63) is 29.3 Å². The van der Waals surface area contributed by atoms with E-state index in [2.05, 4.69) is 23.6 Å². The SMILES string of the molecule is COC(=O)C1=Nc2c(cccc2C(C)C)CC1=O. The lowest BCUT2D eigenvalue weighted by atomic mass is 9.92. The molecule has 1 aliphatic heterocycles. The number of carbonyl (C=O) groups excluding carboxylic acids is 2. The molecule has 1 aromatic carbocycles. The molecule has 4 heteroatoms. The van der Waals surface area contributed by atoms with E-state index in [1.54, 1.807) is 0 Å². The van der Waals surface area contributed by atoms with Crippen molar-refractivity contribution in [2.45, 2.75) is 26.2 Å². The summed E-state index contributed by atoms with van der Waals surface area (Å²) in [5.41, 5.74) is 2.56. The summed E-state index contributed by atoms with van der Waals surface area (Å²) in [6, 6.07) is 5.76. The molecule has 0 aliphatic carbocycles. The van der Waals surface area contributed by atoms with Gasteiger partial charge >= 0.3 is 5.97 Å². The molecule has 1 aliphatic rings. The first-order chi connectivity index (χ1) is 8.54. The molecule has 0 spiro atoms. The summed E-state index contributed by atoms with van der Waals surface area (Å²) in [5.74, 6) is -0.657. The van der Waals surface area contributed by atoms with Crippen LogP contribution >= 0.6 is 0 Å². The maximum Gasteiger partial charge on any atom is 0.360 e. The van der Waals surface area contributed by atoms with Crippen molar-refractivity contribution in [3.8, 4) is 0 Å². The van der Waals surface area contributed by atoms with Gasteiger partial charge in [0.1, 0.15) is 0 Å². The zero-order chi connectivity index (χ0) is 13.3. The van der Waals surface area contributed by atoms with E-state index < -0.39 is 5.97 Å². The summed E-state index contributed by atoms with van der Waals surface area (Å²) >= 11 is 0. The zero-order valence-corrected chi connectivity index (χ0v) is 10.7. The maximum atomic E-state index is 11.8. The van der Waals surface area contributed by atoms with Crippen LogP contribution in [0.15, 0.2) is 23.2 Å². The third-order valence-electron chi connectivity index (χ3n) is 2.99. The first-order valence-electron chi connectivity index (χ1n) is 5.86. The molecule has 1 heterocycles. The van der Waals surface area contributed by atoms with Crippen LogP contribution in [-0.4, -0.2) is 24.6 Å². The number of hydrogen-bond donors (Lipinski definition) is 0. The molecule has 2 rings (SSSR count). The summed E-state index contributed by atoms with van der Waals surface area (Å²) in [6.07, 6.45) is 0.212. The Morgan fingerprint density at radius 2 is 2.11 bits per heavy atom. The number of aliphatic imine (C=N–C) groups is 1. The van der Waals surface area contributed by atoms with Gasteiger partial charge in [-0.05, 0) is 17.0 Å². The third kappa shape index (κ3) is 2.06. The number of rotatable bonds is 2. The fraction of sp³-hybridized carbons (Fsp3) is 0.357. The molecular formula is C14H15NO3. The van der Waals surface area contributed by atoms with E-state index in [0.717, 1.165) is 16.8 Å². The summed E-state index contributed by atoms with van der Waals surface area (Å²) < 4.78 is 4.58. The van der Waals surface area contributed by atoms with Gasteiger partial charge < -0.3 is 4.74 Å². The topological polar surface area (TPSA) is 55.7 Å². The number of benzene rings is 1. The number of Topliss-reactive ketones (excluding diaryl/α,β-unsaturated/α-hetero) is 1. The van der Waals surface area contributed by atoms with E-state index in [-0.39, 0.29) is 23.8 Å². The Labute approximate surface area is 106 Å². The minimum Gasteiger partial charge on any atom is -0.464 e. The Kier molecular flexibility index (Phi) is 3.28. The molecule has 0 N–H and O–H groups in total. The van der Waals surface area contributed by atoms with Gasteiger partial charge in [-0.3, -0.25) is 4.79 Å². The first-order valence-corrected chi connectivity index (χ1v) is 5.86. The van der Waals surface area contributed by atoms with E-state index in [4.69, 9.17) is 0 Å². The average molecular weight is 245 g/mol. The van der Waals surface area contributed by atoms with Crippen molar-refractivity contribution in [2.24, 2.45) is 4.99 Å². The molecule has 18 heavy (non-hydrogen) atoms. The highest BCUT2D eigenvalue weighted by atomic mass is 16.5. The Morgan fingerprint density at radius 3 is 2.72 bits per heavy atom. The second-order valence-electron chi connectivity index (χ2n) is 4.56. The molecule has 0 saturated heterocycles. The van der Waals surface area contributed by atoms with Crippen molar-refractivity contribution >= 4 is 23.2 Å². The highest BCUT2D eigenvalue weighted by molar-refractivity contribution is 6.65. The van der Waals surface area contributed by atoms with E-state index in [1.807, 2.05) is 18.2 Å². The standard InChI is InChI=1S/C14H15NO3/c1-8(2)10-6-4-5-9-7-11(16)13(14(17)18-3)15-12(9)10/h4-6,8H,7H2,1-3H3. The maximum absolute atomic E-state index is 11.8. The van der Waals surface area contributed by atoms with Crippen LogP contribution in [0.2, 0.25) is 0 Å². The molecule has 0 amide bonds. The third-order valence-corrected chi connectivity index (χ3v) is 2.99. The molecule has 0 radical (unpaired) electrons. The van der Waals surface area contributed by atoms with Crippen molar-refractivity contribution in [3.63, 3.8) is 0 Å². The molecule has 0 aromatic heterocycles. The van der Waals surface area contributed by atoms with Gasteiger partial charge in [-0.15, -0.1) is 0 Å². The number of fused-ring (bicyclic) bond motifs is 1. The lowest BCUT2D eigenvalue weighted by molar-refractivity contribution is -0.133. The molecule has 0 bridgehead atoms. The van der Waals surface area contributed by atoms with Crippen molar-refractivity contribution < 1.29 is 14.3 Å². The van der Waals surface area contributed by atoms with Crippen LogP contribution in [0.5, 0.6) is 0 Å². The first kappa shape index (κ1) is 12.5. The van der Waals surface area contributed by atoms with Crippen LogP contribution in [0, 0.1) is 0 Å². The number of carbonyl (C=O) groups is 2. The molecule has 0 saturated carbocycles. The number of hydrogen-bond acceptors (Lipinski definition) is 4. The molecule has 4 nitrogen and oxygen atoms in total. The van der Waals surface area contributed by atoms with Gasteiger partial charge in [0, 0.05) is 6.42 Å². The van der Waals surface area contributed by atoms with E-state index >= 15 is 0 Å². The van der Waals surface area contributed by atoms with E-state index in [0.29, 0.717) is 0 Å². The Balaban J connectivity index is 2.58. The van der Waals surface area contributed by atoms with Gasteiger partial charge in [0.2, 0.25) is 0 Å². The molecule has 94 valence electrons. The van der Waals surface area contributed by atoms with Crippen LogP contribution in [0.4, 0.5) is 5.69 Å². The zero-order valence-electron chi connectivity index (χ0n) is 10.7. The summed E-state index contributed by atoms with van der Waals surface area (Å²) in [6.45, 7) is 4.11. The summed E-state index contributed by atoms with van der Waals surface area (Å²) in [5, 5.41) is 0. The van der Waals surface area contributed by atoms with Gasteiger partial charge in [0.25, 0.3) is 0 Å². The highest BCUT2D eigenvalue weighted by Gasteiger charge is 2.28. The predicted molar refractivity (Wildman–Crippen MR) is 68.4 cm³/mol. The number of ketones is 1. The van der Waals surface area contributed by atoms with Gasteiger partial charge in [0.15, 0.2) is 11.5 Å². The van der Waals surface area contributed by atoms with Crippen LogP contribution in [-0.2, 0) is 20.7 Å². The van der Waals surface area contributed by atoms with E-state index in [1.165, 1.54) is 7.11 Å². The van der Waals surface area contributed by atoms with Crippen LogP contribution < -0.4 is 0 Å². The lowest BCUT2D eigenvalue weighted by Gasteiger charge is -2.18. The number of esters is 1. The summed E-state index contributed by atoms with van der Waals surface area (Å²) in [4.78, 5) is 27.5. The minimum atomic E-state index is -0.663. The molecule has 1 aromatic rings. The Bertz CT molecular complexity index is 544. The van der Waals surface area contributed by atoms with Crippen LogP contribution in [0.3, 0.4) is 0 Å². The van der Waals surface area contributed by atoms with Crippen LogP contribution in [0.25, 0.3) is 0 Å². The minimum absolute atomic E-state index is 0.0990. The second kappa shape index (κ2) is 4.72. The average Bonchev–Trinajstić information content (AvgIpc) is 2.36. The number of methoxy groups -OCH3 is 1. The molecular weight excluding hydrogens is 230 g/mol. The normalized spacial score (nSPS) is 14.2.